The first kappa shape index (κ1) is 14.8. The van der Waals surface area contributed by atoms with Gasteiger partial charge in [0, 0.05) is 18.4 Å². The predicted molar refractivity (Wildman–Crippen MR) is 77.2 cm³/mol. The molecule has 106 valence electrons. The summed E-state index contributed by atoms with van der Waals surface area (Å²) in [6.07, 6.45) is 5.82. The van der Waals surface area contributed by atoms with Crippen molar-refractivity contribution in [3.05, 3.63) is 29.0 Å². The van der Waals surface area contributed by atoms with Crippen LogP contribution in [0.1, 0.15) is 18.4 Å². The Morgan fingerprint density at radius 1 is 1.58 bits per heavy atom. The summed E-state index contributed by atoms with van der Waals surface area (Å²) < 4.78 is 22.9. The summed E-state index contributed by atoms with van der Waals surface area (Å²) >= 11 is 6.10. The number of halogens is 1. The Morgan fingerprint density at radius 3 is 2.95 bits per heavy atom. The molecule has 2 unspecified atom stereocenters. The van der Waals surface area contributed by atoms with Gasteiger partial charge in [0.25, 0.3) is 0 Å². The Kier molecular flexibility index (Phi) is 4.81. The summed E-state index contributed by atoms with van der Waals surface area (Å²) in [6, 6.07) is 2.16. The molecule has 1 aliphatic rings. The van der Waals surface area contributed by atoms with E-state index < -0.39 is 9.84 Å². The maximum absolute atomic E-state index is 11.5. The monoisotopic (exact) mass is 302 g/mol. The van der Waals surface area contributed by atoms with Crippen LogP contribution in [0.4, 0.5) is 0 Å². The molecule has 19 heavy (non-hydrogen) atoms. The van der Waals surface area contributed by atoms with Crippen LogP contribution in [0.3, 0.4) is 0 Å². The molecule has 0 aliphatic carbocycles. The number of nitrogens with zero attached hydrogens (tertiary/aromatic N) is 1. The molecule has 0 aromatic carbocycles. The summed E-state index contributed by atoms with van der Waals surface area (Å²) in [5.41, 5.74) is 1.05. The molecule has 2 rings (SSSR count). The lowest BCUT2D eigenvalue weighted by molar-refractivity contribution is 0.424. The predicted octanol–water partition coefficient (Wildman–Crippen LogP) is 1.69. The third kappa shape index (κ3) is 4.16. The first-order chi connectivity index (χ1) is 9.00. The summed E-state index contributed by atoms with van der Waals surface area (Å²) in [4.78, 5) is 3.97. The van der Waals surface area contributed by atoms with Crippen LogP contribution in [0, 0.1) is 5.92 Å². The van der Waals surface area contributed by atoms with E-state index in [1.165, 1.54) is 0 Å². The lowest BCUT2D eigenvalue weighted by Gasteiger charge is -2.20. The van der Waals surface area contributed by atoms with Crippen molar-refractivity contribution in [2.75, 3.05) is 18.6 Å². The van der Waals surface area contributed by atoms with Crippen LogP contribution in [0.5, 0.6) is 0 Å². The summed E-state index contributed by atoms with van der Waals surface area (Å²) in [6.45, 7) is 0. The van der Waals surface area contributed by atoms with E-state index in [0.717, 1.165) is 24.8 Å². The number of sulfone groups is 1. The third-order valence-electron chi connectivity index (χ3n) is 3.68. The number of pyridine rings is 1. The molecule has 0 radical (unpaired) electrons. The molecule has 4 nitrogen and oxygen atoms in total. The van der Waals surface area contributed by atoms with Gasteiger partial charge in [-0.1, -0.05) is 11.6 Å². The first-order valence-electron chi connectivity index (χ1n) is 6.46. The van der Waals surface area contributed by atoms with Gasteiger partial charge in [-0.05, 0) is 43.9 Å². The molecule has 0 amide bonds. The molecule has 1 aromatic rings. The molecule has 1 N–H and O–H groups in total. The van der Waals surface area contributed by atoms with Gasteiger partial charge >= 0.3 is 0 Å². The second-order valence-electron chi connectivity index (χ2n) is 5.16. The Hall–Kier alpha value is -0.650. The quantitative estimate of drug-likeness (QED) is 0.899. The second kappa shape index (κ2) is 6.20. The van der Waals surface area contributed by atoms with Gasteiger partial charge in [0.05, 0.1) is 16.5 Å². The van der Waals surface area contributed by atoms with Crippen LogP contribution < -0.4 is 5.32 Å². The summed E-state index contributed by atoms with van der Waals surface area (Å²) in [5, 5.41) is 3.93. The lowest BCUT2D eigenvalue weighted by atomic mass is 9.95. The van der Waals surface area contributed by atoms with Crippen molar-refractivity contribution in [1.29, 1.82) is 0 Å². The highest BCUT2D eigenvalue weighted by molar-refractivity contribution is 7.91. The van der Waals surface area contributed by atoms with Gasteiger partial charge in [-0.25, -0.2) is 8.42 Å². The fourth-order valence-corrected chi connectivity index (χ4v) is 4.68. The molecule has 1 saturated heterocycles. The molecule has 6 heteroatoms. The SMILES string of the molecule is CNC(Cc1ccncc1Cl)CC1CCS(=O)(=O)C1. The van der Waals surface area contributed by atoms with E-state index in [-0.39, 0.29) is 12.0 Å². The summed E-state index contributed by atoms with van der Waals surface area (Å²) in [7, 11) is -0.888. The fourth-order valence-electron chi connectivity index (χ4n) is 2.60. The van der Waals surface area contributed by atoms with E-state index in [2.05, 4.69) is 10.3 Å². The molecule has 0 spiro atoms. The van der Waals surface area contributed by atoms with Crippen LogP contribution in [-0.2, 0) is 16.3 Å². The van der Waals surface area contributed by atoms with Crippen LogP contribution in [-0.4, -0.2) is 38.0 Å². The Labute approximate surface area is 119 Å². The fraction of sp³-hybridized carbons (Fsp3) is 0.615. The van der Waals surface area contributed by atoms with Crippen molar-refractivity contribution < 1.29 is 8.42 Å². The number of nitrogens with one attached hydrogen (secondary N) is 1. The zero-order chi connectivity index (χ0) is 13.9. The van der Waals surface area contributed by atoms with Crippen LogP contribution in [0.2, 0.25) is 5.02 Å². The molecule has 1 fully saturated rings. The van der Waals surface area contributed by atoms with E-state index in [1.54, 1.807) is 12.4 Å². The van der Waals surface area contributed by atoms with Gasteiger partial charge in [0.1, 0.15) is 0 Å². The minimum atomic E-state index is -2.79. The van der Waals surface area contributed by atoms with Gasteiger partial charge in [0.2, 0.25) is 0 Å². The maximum Gasteiger partial charge on any atom is 0.150 e. The van der Waals surface area contributed by atoms with E-state index in [1.807, 2.05) is 13.1 Å². The lowest BCUT2D eigenvalue weighted by Crippen LogP contribution is -2.30. The zero-order valence-corrected chi connectivity index (χ0v) is 12.5. The molecular weight excluding hydrogens is 284 g/mol. The highest BCUT2D eigenvalue weighted by Crippen LogP contribution is 2.25. The van der Waals surface area contributed by atoms with E-state index in [0.29, 0.717) is 16.5 Å². The van der Waals surface area contributed by atoms with Crippen molar-refractivity contribution in [3.8, 4) is 0 Å². The van der Waals surface area contributed by atoms with Crippen molar-refractivity contribution in [2.24, 2.45) is 5.92 Å². The van der Waals surface area contributed by atoms with Gasteiger partial charge in [0.15, 0.2) is 9.84 Å². The number of hydrogen-bond acceptors (Lipinski definition) is 4. The minimum absolute atomic E-state index is 0.248. The average molecular weight is 303 g/mol. The average Bonchev–Trinajstić information content (AvgIpc) is 2.70. The highest BCUT2D eigenvalue weighted by Gasteiger charge is 2.29. The molecule has 0 saturated carbocycles. The minimum Gasteiger partial charge on any atom is -0.317 e. The topological polar surface area (TPSA) is 59.1 Å². The molecule has 2 heterocycles. The van der Waals surface area contributed by atoms with Crippen LogP contribution >= 0.6 is 11.6 Å². The summed E-state index contributed by atoms with van der Waals surface area (Å²) in [5.74, 6) is 0.933. The third-order valence-corrected chi connectivity index (χ3v) is 5.85. The largest absolute Gasteiger partial charge is 0.317 e. The molecule has 1 aromatic heterocycles. The van der Waals surface area contributed by atoms with Crippen molar-refractivity contribution in [1.82, 2.24) is 10.3 Å². The normalized spacial score (nSPS) is 23.4. The van der Waals surface area contributed by atoms with Crippen molar-refractivity contribution >= 4 is 21.4 Å². The molecule has 0 bridgehead atoms. The Bertz CT molecular complexity index is 533. The standard InChI is InChI=1S/C13H19ClN2O2S/c1-15-12(6-10-3-5-19(17,18)9-10)7-11-2-4-16-8-13(11)14/h2,4,8,10,12,15H,3,5-7,9H2,1H3. The van der Waals surface area contributed by atoms with Gasteiger partial charge in [-0.15, -0.1) is 0 Å². The molecule has 2 atom stereocenters. The van der Waals surface area contributed by atoms with Gasteiger partial charge in [-0.2, -0.15) is 0 Å². The van der Waals surface area contributed by atoms with E-state index in [9.17, 15) is 8.42 Å². The van der Waals surface area contributed by atoms with E-state index in [4.69, 9.17) is 11.6 Å². The Balaban J connectivity index is 1.96. The number of rotatable bonds is 5. The number of aromatic nitrogens is 1. The van der Waals surface area contributed by atoms with Crippen LogP contribution in [0.25, 0.3) is 0 Å². The number of hydrogen-bond donors (Lipinski definition) is 1. The second-order valence-corrected chi connectivity index (χ2v) is 7.80. The van der Waals surface area contributed by atoms with Crippen LogP contribution in [0.15, 0.2) is 18.5 Å². The molecule has 1 aliphatic heterocycles. The first-order valence-corrected chi connectivity index (χ1v) is 8.66. The Morgan fingerprint density at radius 2 is 2.37 bits per heavy atom. The maximum atomic E-state index is 11.5. The van der Waals surface area contributed by atoms with Crippen molar-refractivity contribution in [2.45, 2.75) is 25.3 Å². The van der Waals surface area contributed by atoms with Gasteiger partial charge in [-0.3, -0.25) is 4.98 Å². The highest BCUT2D eigenvalue weighted by atomic mass is 35.5. The van der Waals surface area contributed by atoms with Gasteiger partial charge < -0.3 is 5.32 Å². The molecular formula is C13H19ClN2O2S. The smallest absolute Gasteiger partial charge is 0.150 e. The van der Waals surface area contributed by atoms with Crippen molar-refractivity contribution in [3.63, 3.8) is 0 Å². The number of likely N-dealkylation sites (N-methyl/N-ethyl adjacent to an activating group) is 1. The van der Waals surface area contributed by atoms with E-state index >= 15 is 0 Å². The zero-order valence-electron chi connectivity index (χ0n) is 11.0.